The van der Waals surface area contributed by atoms with E-state index in [1.54, 1.807) is 4.68 Å². The van der Waals surface area contributed by atoms with Crippen LogP contribution < -0.4 is 16.1 Å². The number of aryl methyl sites for hydroxylation is 2. The Morgan fingerprint density at radius 2 is 1.93 bits per heavy atom. The number of carbonyl (C=O) groups excluding carboxylic acids is 1. The molecule has 0 spiro atoms. The van der Waals surface area contributed by atoms with E-state index >= 15 is 0 Å². The van der Waals surface area contributed by atoms with Gasteiger partial charge in [0.25, 0.3) is 5.95 Å². The highest BCUT2D eigenvalue weighted by Gasteiger charge is 2.16. The molecule has 142 valence electrons. The third kappa shape index (κ3) is 4.22. The van der Waals surface area contributed by atoms with Crippen molar-refractivity contribution < 1.29 is 4.79 Å². The minimum Gasteiger partial charge on any atom is -0.378 e. The molecule has 27 heavy (non-hydrogen) atoms. The first-order chi connectivity index (χ1) is 12.8. The Balaban J connectivity index is 1.61. The van der Waals surface area contributed by atoms with Crippen molar-refractivity contribution in [1.29, 1.82) is 0 Å². The summed E-state index contributed by atoms with van der Waals surface area (Å²) in [5, 5.41) is 15.8. The summed E-state index contributed by atoms with van der Waals surface area (Å²) in [6, 6.07) is 9.55. The van der Waals surface area contributed by atoms with Crippen LogP contribution >= 0.6 is 11.8 Å². The number of rotatable bonds is 6. The second-order valence-electron chi connectivity index (χ2n) is 6.27. The molecular formula is C17H22N8OS. The van der Waals surface area contributed by atoms with E-state index < -0.39 is 0 Å². The molecule has 3 aromatic rings. The average Bonchev–Trinajstić information content (AvgIpc) is 3.14. The maximum Gasteiger partial charge on any atom is 0.271 e. The molecule has 0 bridgehead atoms. The van der Waals surface area contributed by atoms with E-state index in [0.29, 0.717) is 11.1 Å². The van der Waals surface area contributed by atoms with Crippen LogP contribution in [-0.2, 0) is 4.79 Å². The third-order valence-corrected chi connectivity index (χ3v) is 4.79. The van der Waals surface area contributed by atoms with Crippen molar-refractivity contribution in [3.05, 3.63) is 41.7 Å². The first kappa shape index (κ1) is 18.8. The fraction of sp³-hybridized carbons (Fsp3) is 0.294. The quantitative estimate of drug-likeness (QED) is 0.489. The number of carbonyl (C=O) groups is 1. The first-order valence-electron chi connectivity index (χ1n) is 8.29. The zero-order valence-electron chi connectivity index (χ0n) is 15.7. The lowest BCUT2D eigenvalue weighted by atomic mass is 10.2. The van der Waals surface area contributed by atoms with Crippen molar-refractivity contribution in [1.82, 2.24) is 24.7 Å². The zero-order chi connectivity index (χ0) is 19.6. The van der Waals surface area contributed by atoms with Crippen LogP contribution in [0.1, 0.15) is 11.4 Å². The van der Waals surface area contributed by atoms with Crippen LogP contribution in [0.3, 0.4) is 0 Å². The SMILES string of the molecule is Cc1cc(C)n(-c2nnc(SCC(=O)Nc3ccc(N(C)C)cc3)n2N)n1. The fourth-order valence-electron chi connectivity index (χ4n) is 2.51. The predicted octanol–water partition coefficient (Wildman–Crippen LogP) is 1.59. The Morgan fingerprint density at radius 3 is 2.52 bits per heavy atom. The van der Waals surface area contributed by atoms with Gasteiger partial charge in [0.05, 0.1) is 11.4 Å². The van der Waals surface area contributed by atoms with E-state index in [0.717, 1.165) is 22.8 Å². The number of nitrogens with zero attached hydrogens (tertiary/aromatic N) is 6. The van der Waals surface area contributed by atoms with Gasteiger partial charge < -0.3 is 16.1 Å². The Morgan fingerprint density at radius 1 is 1.22 bits per heavy atom. The topological polar surface area (TPSA) is 107 Å². The third-order valence-electron chi connectivity index (χ3n) is 3.85. The molecule has 0 saturated carbocycles. The van der Waals surface area contributed by atoms with Crippen LogP contribution in [0.5, 0.6) is 0 Å². The molecule has 0 saturated heterocycles. The Bertz CT molecular complexity index is 945. The number of amides is 1. The van der Waals surface area contributed by atoms with Crippen molar-refractivity contribution in [2.75, 3.05) is 35.9 Å². The molecule has 0 radical (unpaired) electrons. The van der Waals surface area contributed by atoms with Crippen molar-refractivity contribution in [3.63, 3.8) is 0 Å². The van der Waals surface area contributed by atoms with E-state index in [9.17, 15) is 4.79 Å². The standard InChI is InChI=1S/C17H22N8OS/c1-11-9-12(2)25(22-11)16-20-21-17(24(16)18)27-10-15(26)19-13-5-7-14(8-6-13)23(3)4/h5-9H,10,18H2,1-4H3,(H,19,26). The van der Waals surface area contributed by atoms with Gasteiger partial charge in [-0.1, -0.05) is 11.8 Å². The molecule has 1 aromatic carbocycles. The molecule has 3 N–H and O–H groups in total. The van der Waals surface area contributed by atoms with Crippen LogP contribution in [0.15, 0.2) is 35.5 Å². The molecule has 3 rings (SSSR count). The van der Waals surface area contributed by atoms with Crippen molar-refractivity contribution in [3.8, 4) is 5.95 Å². The zero-order valence-corrected chi connectivity index (χ0v) is 16.5. The Hall–Kier alpha value is -3.01. The average molecular weight is 386 g/mol. The van der Waals surface area contributed by atoms with Crippen LogP contribution in [0, 0.1) is 13.8 Å². The van der Waals surface area contributed by atoms with E-state index in [2.05, 4.69) is 20.6 Å². The van der Waals surface area contributed by atoms with Gasteiger partial charge >= 0.3 is 0 Å². The lowest BCUT2D eigenvalue weighted by molar-refractivity contribution is -0.113. The van der Waals surface area contributed by atoms with Gasteiger partial charge in [-0.15, -0.1) is 10.2 Å². The van der Waals surface area contributed by atoms with Gasteiger partial charge in [-0.05, 0) is 44.2 Å². The Labute approximate surface area is 161 Å². The van der Waals surface area contributed by atoms with Gasteiger partial charge in [0.15, 0.2) is 0 Å². The molecule has 0 aliphatic heterocycles. The summed E-state index contributed by atoms with van der Waals surface area (Å²) in [4.78, 5) is 14.2. The normalized spacial score (nSPS) is 10.8. The smallest absolute Gasteiger partial charge is 0.271 e. The van der Waals surface area contributed by atoms with Crippen molar-refractivity contribution >= 4 is 29.0 Å². The highest BCUT2D eigenvalue weighted by atomic mass is 32.2. The Kier molecular flexibility index (Phi) is 5.36. The van der Waals surface area contributed by atoms with Crippen LogP contribution in [0.25, 0.3) is 5.95 Å². The van der Waals surface area contributed by atoms with Crippen molar-refractivity contribution in [2.24, 2.45) is 0 Å². The van der Waals surface area contributed by atoms with Gasteiger partial charge in [-0.2, -0.15) is 5.10 Å². The molecule has 1 amide bonds. The second-order valence-corrected chi connectivity index (χ2v) is 7.21. The largest absolute Gasteiger partial charge is 0.378 e. The van der Waals surface area contributed by atoms with E-state index in [1.165, 1.54) is 16.4 Å². The lowest BCUT2D eigenvalue weighted by Gasteiger charge is -2.13. The molecule has 2 heterocycles. The predicted molar refractivity (Wildman–Crippen MR) is 107 cm³/mol. The van der Waals surface area contributed by atoms with Gasteiger partial charge in [-0.25, -0.2) is 9.36 Å². The number of anilines is 2. The highest BCUT2D eigenvalue weighted by Crippen LogP contribution is 2.19. The summed E-state index contributed by atoms with van der Waals surface area (Å²) < 4.78 is 2.96. The number of hydrogen-bond acceptors (Lipinski definition) is 7. The van der Waals surface area contributed by atoms with Crippen LogP contribution in [0.2, 0.25) is 0 Å². The number of aromatic nitrogens is 5. The van der Waals surface area contributed by atoms with E-state index in [1.807, 2.05) is 63.2 Å². The number of nitrogen functional groups attached to an aromatic ring is 1. The molecule has 9 nitrogen and oxygen atoms in total. The number of nitrogens with one attached hydrogen (secondary N) is 1. The number of hydrogen-bond donors (Lipinski definition) is 2. The minimum atomic E-state index is -0.145. The molecule has 2 aromatic heterocycles. The summed E-state index contributed by atoms with van der Waals surface area (Å²) in [5.41, 5.74) is 3.57. The first-order valence-corrected chi connectivity index (χ1v) is 9.28. The van der Waals surface area contributed by atoms with Gasteiger partial charge in [0.2, 0.25) is 11.1 Å². The number of thioether (sulfide) groups is 1. The number of nitrogens with two attached hydrogens (primary N) is 1. The molecule has 10 heteroatoms. The summed E-state index contributed by atoms with van der Waals surface area (Å²) in [5.74, 6) is 6.50. The van der Waals surface area contributed by atoms with E-state index in [4.69, 9.17) is 5.84 Å². The summed E-state index contributed by atoms with van der Waals surface area (Å²) >= 11 is 1.21. The summed E-state index contributed by atoms with van der Waals surface area (Å²) in [6.07, 6.45) is 0. The van der Waals surface area contributed by atoms with Gasteiger partial charge in [0.1, 0.15) is 0 Å². The monoisotopic (exact) mass is 386 g/mol. The van der Waals surface area contributed by atoms with Crippen molar-refractivity contribution in [2.45, 2.75) is 19.0 Å². The van der Waals surface area contributed by atoms with Crippen LogP contribution in [0.4, 0.5) is 11.4 Å². The fourth-order valence-corrected chi connectivity index (χ4v) is 3.17. The highest BCUT2D eigenvalue weighted by molar-refractivity contribution is 7.99. The minimum absolute atomic E-state index is 0.145. The number of benzene rings is 1. The maximum atomic E-state index is 12.2. The lowest BCUT2D eigenvalue weighted by Crippen LogP contribution is -2.18. The molecule has 0 unspecified atom stereocenters. The second kappa shape index (κ2) is 7.70. The van der Waals surface area contributed by atoms with Gasteiger partial charge in [0, 0.05) is 31.2 Å². The van der Waals surface area contributed by atoms with Crippen LogP contribution in [-0.4, -0.2) is 50.4 Å². The summed E-state index contributed by atoms with van der Waals surface area (Å²) in [7, 11) is 3.93. The molecule has 0 fully saturated rings. The maximum absolute atomic E-state index is 12.2. The van der Waals surface area contributed by atoms with E-state index in [-0.39, 0.29) is 11.7 Å². The molecule has 0 aliphatic rings. The summed E-state index contributed by atoms with van der Waals surface area (Å²) in [6.45, 7) is 3.81. The molecule has 0 atom stereocenters. The molecule has 0 aliphatic carbocycles. The molecular weight excluding hydrogens is 364 g/mol. The van der Waals surface area contributed by atoms with Gasteiger partial charge in [-0.3, -0.25) is 4.79 Å².